The van der Waals surface area contributed by atoms with Crippen molar-refractivity contribution < 1.29 is 14.1 Å². The molecule has 1 aliphatic heterocycles. The zero-order chi connectivity index (χ0) is 20.0. The number of hydrogen-bond acceptors (Lipinski definition) is 4. The highest BCUT2D eigenvalue weighted by Crippen LogP contribution is 2.31. The highest BCUT2D eigenvalue weighted by atomic mass is 16.5. The Morgan fingerprint density at radius 1 is 1.21 bits per heavy atom. The highest BCUT2D eigenvalue weighted by molar-refractivity contribution is 6.04. The largest absolute Gasteiger partial charge is 0.363 e. The van der Waals surface area contributed by atoms with Gasteiger partial charge in [0, 0.05) is 23.8 Å². The summed E-state index contributed by atoms with van der Waals surface area (Å²) in [7, 11) is 0. The van der Waals surface area contributed by atoms with Crippen LogP contribution in [0.25, 0.3) is 22.0 Å². The van der Waals surface area contributed by atoms with E-state index < -0.39 is 6.04 Å². The van der Waals surface area contributed by atoms with E-state index in [1.807, 2.05) is 42.6 Å². The fraction of sp³-hybridized carbons (Fsp3) is 0.136. The van der Waals surface area contributed by atoms with Gasteiger partial charge in [-0.3, -0.25) is 9.59 Å². The number of carbonyl (C=O) groups is 2. The molecule has 1 atom stereocenters. The lowest BCUT2D eigenvalue weighted by Gasteiger charge is -2.22. The van der Waals surface area contributed by atoms with E-state index in [1.165, 1.54) is 12.5 Å². The number of aromatic amines is 1. The third kappa shape index (κ3) is 2.97. The number of carbonyl (C=O) groups excluding carboxylic acids is 2. The number of H-pyrrole nitrogens is 1. The Labute approximate surface area is 166 Å². The van der Waals surface area contributed by atoms with Gasteiger partial charge >= 0.3 is 0 Å². The molecule has 0 bridgehead atoms. The van der Waals surface area contributed by atoms with Crippen LogP contribution in [0.1, 0.15) is 22.8 Å². The van der Waals surface area contributed by atoms with Gasteiger partial charge in [-0.2, -0.15) is 0 Å². The summed E-state index contributed by atoms with van der Waals surface area (Å²) < 4.78 is 4.72. The molecule has 7 nitrogen and oxygen atoms in total. The van der Waals surface area contributed by atoms with Gasteiger partial charge < -0.3 is 19.7 Å². The van der Waals surface area contributed by atoms with E-state index >= 15 is 0 Å². The molecule has 4 aromatic rings. The maximum atomic E-state index is 13.0. The monoisotopic (exact) mass is 386 g/mol. The standard InChI is InChI=1S/C22H18N4O3/c1-13(21(27)25-18-10-24-29-12-18)26-11-17-3-2-15(9-19(17)22(26)28)14-4-5-20-16(8-14)6-7-23-20/h2-10,12-13,23H,11H2,1H3,(H,25,27)/t13-/m1/s1. The second kappa shape index (κ2) is 6.63. The Balaban J connectivity index is 1.40. The number of rotatable bonds is 4. The van der Waals surface area contributed by atoms with Gasteiger partial charge in [0.05, 0.1) is 6.20 Å². The Kier molecular flexibility index (Phi) is 3.94. The minimum atomic E-state index is -0.621. The maximum Gasteiger partial charge on any atom is 0.255 e. The number of nitrogens with one attached hydrogen (secondary N) is 2. The number of hydrogen-bond donors (Lipinski definition) is 2. The van der Waals surface area contributed by atoms with Crippen LogP contribution in [0.3, 0.4) is 0 Å². The number of amides is 2. The number of aromatic nitrogens is 2. The minimum absolute atomic E-state index is 0.141. The van der Waals surface area contributed by atoms with Gasteiger partial charge in [-0.05, 0) is 53.3 Å². The van der Waals surface area contributed by atoms with Crippen molar-refractivity contribution in [2.45, 2.75) is 19.5 Å². The van der Waals surface area contributed by atoms with Crippen molar-refractivity contribution in [3.63, 3.8) is 0 Å². The van der Waals surface area contributed by atoms with E-state index in [0.29, 0.717) is 17.8 Å². The molecule has 0 radical (unpaired) electrons. The first kappa shape index (κ1) is 17.2. The molecule has 7 heteroatoms. The lowest BCUT2D eigenvalue weighted by Crippen LogP contribution is -2.42. The summed E-state index contributed by atoms with van der Waals surface area (Å²) in [4.78, 5) is 30.3. The fourth-order valence-corrected chi connectivity index (χ4v) is 3.70. The molecule has 2 amide bonds. The average molecular weight is 386 g/mol. The Hall–Kier alpha value is -3.87. The minimum Gasteiger partial charge on any atom is -0.363 e. The zero-order valence-corrected chi connectivity index (χ0v) is 15.7. The topological polar surface area (TPSA) is 91.2 Å². The van der Waals surface area contributed by atoms with E-state index in [9.17, 15) is 9.59 Å². The normalized spacial score (nSPS) is 14.2. The van der Waals surface area contributed by atoms with Crippen LogP contribution in [0.15, 0.2) is 65.6 Å². The summed E-state index contributed by atoms with van der Waals surface area (Å²) in [6, 6.07) is 13.5. The van der Waals surface area contributed by atoms with Crippen molar-refractivity contribution in [2.75, 3.05) is 5.32 Å². The van der Waals surface area contributed by atoms with Gasteiger partial charge in [-0.15, -0.1) is 0 Å². The van der Waals surface area contributed by atoms with Crippen molar-refractivity contribution in [1.82, 2.24) is 15.0 Å². The predicted octanol–water partition coefficient (Wildman–Crippen LogP) is 3.81. The van der Waals surface area contributed by atoms with Crippen LogP contribution in [-0.4, -0.2) is 32.9 Å². The van der Waals surface area contributed by atoms with Crippen LogP contribution >= 0.6 is 0 Å². The smallest absolute Gasteiger partial charge is 0.255 e. The third-order valence-corrected chi connectivity index (χ3v) is 5.38. The molecule has 3 heterocycles. The summed E-state index contributed by atoms with van der Waals surface area (Å²) in [5.74, 6) is -0.426. The molecule has 144 valence electrons. The molecule has 5 rings (SSSR count). The van der Waals surface area contributed by atoms with Gasteiger partial charge in [0.1, 0.15) is 18.0 Å². The Morgan fingerprint density at radius 3 is 2.86 bits per heavy atom. The van der Waals surface area contributed by atoms with Crippen molar-refractivity contribution in [3.05, 3.63) is 72.2 Å². The first-order chi connectivity index (χ1) is 14.1. The van der Waals surface area contributed by atoms with Crippen LogP contribution in [0.2, 0.25) is 0 Å². The van der Waals surface area contributed by atoms with E-state index in [4.69, 9.17) is 4.52 Å². The molecule has 0 aliphatic carbocycles. The molecular weight excluding hydrogens is 368 g/mol. The number of nitrogens with zero attached hydrogens (tertiary/aromatic N) is 2. The quantitative estimate of drug-likeness (QED) is 0.558. The Morgan fingerprint density at radius 2 is 2.03 bits per heavy atom. The summed E-state index contributed by atoms with van der Waals surface area (Å²) >= 11 is 0. The second-order valence-corrected chi connectivity index (χ2v) is 7.16. The lowest BCUT2D eigenvalue weighted by molar-refractivity contribution is -0.120. The molecule has 2 aromatic carbocycles. The first-order valence-electron chi connectivity index (χ1n) is 9.32. The summed E-state index contributed by atoms with van der Waals surface area (Å²) in [6.45, 7) is 2.12. The predicted molar refractivity (Wildman–Crippen MR) is 108 cm³/mol. The summed E-state index contributed by atoms with van der Waals surface area (Å²) in [5.41, 5.74) is 5.12. The maximum absolute atomic E-state index is 13.0. The zero-order valence-electron chi connectivity index (χ0n) is 15.7. The van der Waals surface area contributed by atoms with Crippen LogP contribution in [0.4, 0.5) is 5.69 Å². The molecule has 0 spiro atoms. The van der Waals surface area contributed by atoms with Gasteiger partial charge in [0.15, 0.2) is 0 Å². The van der Waals surface area contributed by atoms with Crippen molar-refractivity contribution in [1.29, 1.82) is 0 Å². The Bertz CT molecular complexity index is 1230. The van der Waals surface area contributed by atoms with E-state index in [-0.39, 0.29) is 11.8 Å². The fourth-order valence-electron chi connectivity index (χ4n) is 3.70. The van der Waals surface area contributed by atoms with Gasteiger partial charge in [-0.1, -0.05) is 23.4 Å². The van der Waals surface area contributed by atoms with Crippen LogP contribution in [0.5, 0.6) is 0 Å². The molecular formula is C22H18N4O3. The molecule has 0 fully saturated rings. The molecule has 0 unspecified atom stereocenters. The SMILES string of the molecule is C[C@H](C(=O)Nc1cnoc1)N1Cc2ccc(-c3ccc4[nH]ccc4c3)cc2C1=O. The average Bonchev–Trinajstić information content (AvgIpc) is 3.47. The second-order valence-electron chi connectivity index (χ2n) is 7.16. The van der Waals surface area contributed by atoms with Gasteiger partial charge in [0.2, 0.25) is 5.91 Å². The molecule has 0 saturated carbocycles. The van der Waals surface area contributed by atoms with Crippen molar-refractivity contribution in [3.8, 4) is 11.1 Å². The molecule has 0 saturated heterocycles. The van der Waals surface area contributed by atoms with Gasteiger partial charge in [0.25, 0.3) is 5.91 Å². The van der Waals surface area contributed by atoms with Crippen LogP contribution in [0, 0.1) is 0 Å². The highest BCUT2D eigenvalue weighted by Gasteiger charge is 2.34. The molecule has 29 heavy (non-hydrogen) atoms. The van der Waals surface area contributed by atoms with E-state index in [1.54, 1.807) is 11.8 Å². The molecule has 1 aliphatic rings. The summed E-state index contributed by atoms with van der Waals surface area (Å²) in [6.07, 6.45) is 4.67. The molecule has 2 aromatic heterocycles. The van der Waals surface area contributed by atoms with Gasteiger partial charge in [-0.25, -0.2) is 0 Å². The van der Waals surface area contributed by atoms with Crippen molar-refractivity contribution >= 4 is 28.4 Å². The lowest BCUT2D eigenvalue weighted by atomic mass is 9.99. The van der Waals surface area contributed by atoms with Crippen LogP contribution in [-0.2, 0) is 11.3 Å². The number of benzene rings is 2. The van der Waals surface area contributed by atoms with E-state index in [0.717, 1.165) is 27.6 Å². The molecule has 2 N–H and O–H groups in total. The van der Waals surface area contributed by atoms with Crippen LogP contribution < -0.4 is 5.32 Å². The summed E-state index contributed by atoms with van der Waals surface area (Å²) in [5, 5.41) is 7.39. The first-order valence-corrected chi connectivity index (χ1v) is 9.32. The van der Waals surface area contributed by atoms with Crippen molar-refractivity contribution in [2.24, 2.45) is 0 Å². The van der Waals surface area contributed by atoms with E-state index in [2.05, 4.69) is 21.5 Å². The third-order valence-electron chi connectivity index (χ3n) is 5.38. The number of fused-ring (bicyclic) bond motifs is 2. The number of anilines is 1.